The van der Waals surface area contributed by atoms with Crippen molar-refractivity contribution in [2.45, 2.75) is 31.8 Å². The van der Waals surface area contributed by atoms with Crippen LogP contribution in [0.1, 0.15) is 40.7 Å². The first-order valence-corrected chi connectivity index (χ1v) is 10.5. The molecule has 0 aromatic heterocycles. The highest BCUT2D eigenvalue weighted by Gasteiger charge is 2.24. The number of allylic oxidation sites excluding steroid dienone is 1. The minimum atomic E-state index is -0.217. The minimum absolute atomic E-state index is 0.0161. The summed E-state index contributed by atoms with van der Waals surface area (Å²) < 4.78 is 0. The number of nitrogens with one attached hydrogen (secondary N) is 2. The zero-order valence-electron chi connectivity index (χ0n) is 17.6. The van der Waals surface area contributed by atoms with Gasteiger partial charge >= 0.3 is 0 Å². The van der Waals surface area contributed by atoms with Crippen LogP contribution in [0, 0.1) is 0 Å². The number of amides is 1. The third-order valence-corrected chi connectivity index (χ3v) is 5.53. The lowest BCUT2D eigenvalue weighted by Gasteiger charge is -2.25. The maximum Gasteiger partial charge on any atom is 0.256 e. The van der Waals surface area contributed by atoms with Gasteiger partial charge < -0.3 is 16.4 Å². The molecule has 4 N–H and O–H groups in total. The van der Waals surface area contributed by atoms with Crippen LogP contribution in [0.2, 0.25) is 0 Å². The Bertz CT molecular complexity index is 1050. The van der Waals surface area contributed by atoms with Gasteiger partial charge in [0.25, 0.3) is 5.91 Å². The Labute approximate surface area is 182 Å². The number of carbonyl (C=O) groups excluding carboxylic acids is 1. The molecule has 6 heteroatoms. The molecule has 2 aliphatic heterocycles. The maximum atomic E-state index is 12.7. The van der Waals surface area contributed by atoms with E-state index in [1.165, 1.54) is 5.70 Å². The second-order valence-corrected chi connectivity index (χ2v) is 7.78. The summed E-state index contributed by atoms with van der Waals surface area (Å²) in [7, 11) is 0. The number of hydrogen-bond donors (Lipinski definition) is 3. The number of rotatable bonds is 5. The Kier molecular flexibility index (Phi) is 6.26. The fourth-order valence-corrected chi connectivity index (χ4v) is 3.73. The number of aliphatic imine (C=N–C) groups is 2. The molecule has 0 saturated heterocycles. The zero-order valence-corrected chi connectivity index (χ0v) is 17.6. The first-order chi connectivity index (χ1) is 15.1. The fraction of sp³-hybridized carbons (Fsp3) is 0.240. The molecule has 0 radical (unpaired) electrons. The summed E-state index contributed by atoms with van der Waals surface area (Å²) in [4.78, 5) is 21.6. The van der Waals surface area contributed by atoms with Gasteiger partial charge in [0.05, 0.1) is 11.7 Å². The number of amidine groups is 1. The predicted octanol–water partition coefficient (Wildman–Crippen LogP) is 3.29. The van der Waals surface area contributed by atoms with Gasteiger partial charge in [0.1, 0.15) is 0 Å². The lowest BCUT2D eigenvalue weighted by Crippen LogP contribution is -2.38. The molecule has 2 atom stereocenters. The van der Waals surface area contributed by atoms with Crippen LogP contribution in [0.5, 0.6) is 0 Å². The summed E-state index contributed by atoms with van der Waals surface area (Å²) in [6.07, 6.45) is 6.73. The SMILES string of the molecule is C[C@@H]1N=C(NC(=O)c2ccc(CNC3=CC=NCC3)cc2)C(N)=CC1c1ccccc1. The summed E-state index contributed by atoms with van der Waals surface area (Å²) >= 11 is 0. The monoisotopic (exact) mass is 413 g/mol. The van der Waals surface area contributed by atoms with Crippen LogP contribution in [-0.4, -0.2) is 30.5 Å². The van der Waals surface area contributed by atoms with Crippen LogP contribution < -0.4 is 16.4 Å². The molecular weight excluding hydrogens is 386 g/mol. The fourth-order valence-electron chi connectivity index (χ4n) is 3.73. The van der Waals surface area contributed by atoms with E-state index in [0.29, 0.717) is 23.6 Å². The zero-order chi connectivity index (χ0) is 21.6. The molecule has 6 nitrogen and oxygen atoms in total. The maximum absolute atomic E-state index is 12.7. The van der Waals surface area contributed by atoms with Crippen molar-refractivity contribution < 1.29 is 4.79 Å². The van der Waals surface area contributed by atoms with Gasteiger partial charge in [0.2, 0.25) is 0 Å². The van der Waals surface area contributed by atoms with Gasteiger partial charge in [0.15, 0.2) is 5.84 Å². The summed E-state index contributed by atoms with van der Waals surface area (Å²) in [6, 6.07) is 17.7. The topological polar surface area (TPSA) is 91.9 Å². The van der Waals surface area contributed by atoms with E-state index >= 15 is 0 Å². The van der Waals surface area contributed by atoms with E-state index < -0.39 is 0 Å². The molecule has 2 aliphatic rings. The van der Waals surface area contributed by atoms with Crippen molar-refractivity contribution >= 4 is 18.0 Å². The first kappa shape index (κ1) is 20.6. The van der Waals surface area contributed by atoms with Crippen molar-refractivity contribution in [3.63, 3.8) is 0 Å². The number of dihydropyridines is 2. The Morgan fingerprint density at radius 3 is 2.61 bits per heavy atom. The molecule has 2 aromatic rings. The molecule has 2 aromatic carbocycles. The molecule has 158 valence electrons. The molecule has 0 spiro atoms. The Morgan fingerprint density at radius 1 is 1.13 bits per heavy atom. The number of nitrogens with zero attached hydrogens (tertiary/aromatic N) is 2. The Balaban J connectivity index is 1.37. The molecule has 0 fully saturated rings. The predicted molar refractivity (Wildman–Crippen MR) is 125 cm³/mol. The highest BCUT2D eigenvalue weighted by atomic mass is 16.1. The van der Waals surface area contributed by atoms with Crippen molar-refractivity contribution in [3.8, 4) is 0 Å². The van der Waals surface area contributed by atoms with Crippen LogP contribution in [0.3, 0.4) is 0 Å². The lowest BCUT2D eigenvalue weighted by molar-refractivity contribution is 0.0976. The first-order valence-electron chi connectivity index (χ1n) is 10.5. The van der Waals surface area contributed by atoms with Crippen molar-refractivity contribution in [2.75, 3.05) is 6.54 Å². The Hall–Kier alpha value is -3.67. The summed E-state index contributed by atoms with van der Waals surface area (Å²) in [6.45, 7) is 3.56. The highest BCUT2D eigenvalue weighted by Crippen LogP contribution is 2.27. The summed E-state index contributed by atoms with van der Waals surface area (Å²) in [5, 5.41) is 6.28. The van der Waals surface area contributed by atoms with E-state index in [1.54, 1.807) is 0 Å². The van der Waals surface area contributed by atoms with E-state index in [9.17, 15) is 4.79 Å². The van der Waals surface area contributed by atoms with Crippen LogP contribution in [-0.2, 0) is 6.54 Å². The largest absolute Gasteiger partial charge is 0.396 e. The van der Waals surface area contributed by atoms with Crippen molar-refractivity contribution in [1.29, 1.82) is 0 Å². The van der Waals surface area contributed by atoms with E-state index in [0.717, 1.165) is 24.1 Å². The van der Waals surface area contributed by atoms with Crippen LogP contribution in [0.15, 0.2) is 88.1 Å². The number of benzene rings is 2. The van der Waals surface area contributed by atoms with Crippen LogP contribution in [0.25, 0.3) is 0 Å². The molecule has 0 bridgehead atoms. The van der Waals surface area contributed by atoms with E-state index in [-0.39, 0.29) is 17.9 Å². The molecule has 4 rings (SSSR count). The van der Waals surface area contributed by atoms with E-state index in [4.69, 9.17) is 5.73 Å². The summed E-state index contributed by atoms with van der Waals surface area (Å²) in [5.41, 5.74) is 10.7. The number of nitrogens with two attached hydrogens (primary N) is 1. The van der Waals surface area contributed by atoms with Gasteiger partial charge in [-0.2, -0.15) is 0 Å². The number of hydrogen-bond acceptors (Lipinski definition) is 5. The smallest absolute Gasteiger partial charge is 0.256 e. The lowest BCUT2D eigenvalue weighted by atomic mass is 9.90. The van der Waals surface area contributed by atoms with Crippen molar-refractivity contribution in [3.05, 3.63) is 94.8 Å². The molecule has 0 aliphatic carbocycles. The van der Waals surface area contributed by atoms with Crippen molar-refractivity contribution in [1.82, 2.24) is 10.6 Å². The third-order valence-electron chi connectivity index (χ3n) is 5.53. The number of carbonyl (C=O) groups is 1. The second-order valence-electron chi connectivity index (χ2n) is 7.78. The van der Waals surface area contributed by atoms with Crippen molar-refractivity contribution in [2.24, 2.45) is 15.7 Å². The standard InChI is InChI=1S/C25H27N5O/c1-17-22(19-5-3-2-4-6-19)15-23(26)24(29-17)30-25(31)20-9-7-18(8-10-20)16-28-21-11-13-27-14-12-21/h2-11,13,15,17,22,28H,12,14,16,26H2,1H3,(H,29,30,31)/t17-,22?/m0/s1. The van der Waals surface area contributed by atoms with E-state index in [2.05, 4.69) is 32.8 Å². The summed E-state index contributed by atoms with van der Waals surface area (Å²) in [5.74, 6) is 0.312. The Morgan fingerprint density at radius 2 is 1.90 bits per heavy atom. The molecule has 0 saturated carbocycles. The van der Waals surface area contributed by atoms with E-state index in [1.807, 2.05) is 67.8 Å². The normalized spacial score (nSPS) is 20.4. The second kappa shape index (κ2) is 9.43. The molecular formula is C25H27N5O. The van der Waals surface area contributed by atoms with Crippen LogP contribution in [0.4, 0.5) is 0 Å². The third kappa shape index (κ3) is 5.09. The average Bonchev–Trinajstić information content (AvgIpc) is 2.81. The van der Waals surface area contributed by atoms with Crippen LogP contribution >= 0.6 is 0 Å². The van der Waals surface area contributed by atoms with Gasteiger partial charge in [-0.05, 0) is 42.3 Å². The highest BCUT2D eigenvalue weighted by molar-refractivity contribution is 6.12. The molecule has 1 amide bonds. The van der Waals surface area contributed by atoms with Gasteiger partial charge in [-0.3, -0.25) is 14.8 Å². The molecule has 2 heterocycles. The van der Waals surface area contributed by atoms with Gasteiger partial charge in [-0.15, -0.1) is 0 Å². The average molecular weight is 414 g/mol. The molecule has 1 unspecified atom stereocenters. The van der Waals surface area contributed by atoms with Gasteiger partial charge in [-0.1, -0.05) is 42.5 Å². The minimum Gasteiger partial charge on any atom is -0.396 e. The van der Waals surface area contributed by atoms with Gasteiger partial charge in [-0.25, -0.2) is 0 Å². The molecule has 31 heavy (non-hydrogen) atoms. The van der Waals surface area contributed by atoms with Gasteiger partial charge in [0, 0.05) is 42.9 Å². The quantitative estimate of drug-likeness (QED) is 0.702.